The Morgan fingerprint density at radius 2 is 1.65 bits per heavy atom. The van der Waals surface area contributed by atoms with E-state index in [1.807, 2.05) is 38.1 Å². The van der Waals surface area contributed by atoms with E-state index in [1.54, 1.807) is 35.2 Å². The van der Waals surface area contributed by atoms with Gasteiger partial charge in [-0.1, -0.05) is 30.3 Å². The normalized spacial score (nSPS) is 15.1. The summed E-state index contributed by atoms with van der Waals surface area (Å²) in [5.74, 6) is -0.840. The van der Waals surface area contributed by atoms with E-state index in [9.17, 15) is 31.9 Å². The third-order valence-electron chi connectivity index (χ3n) is 9.70. The molecule has 0 radical (unpaired) electrons. The number of ether oxygens (including phenoxy) is 1. The van der Waals surface area contributed by atoms with Gasteiger partial charge >= 0.3 is 18.8 Å². The topological polar surface area (TPSA) is 114 Å². The number of hydrogen-bond donors (Lipinski definition) is 2. The summed E-state index contributed by atoms with van der Waals surface area (Å²) in [5, 5.41) is 12.7. The van der Waals surface area contributed by atoms with Gasteiger partial charge in [-0.3, -0.25) is 9.69 Å². The molecule has 0 bridgehead atoms. The summed E-state index contributed by atoms with van der Waals surface area (Å²) < 4.78 is 86.2. The second-order valence-electron chi connectivity index (χ2n) is 13.2. The van der Waals surface area contributed by atoms with Crippen LogP contribution >= 0.6 is 0 Å². The number of fused-ring (bicyclic) bond motifs is 2. The number of hydrogen-bond acceptors (Lipinski definition) is 8. The fourth-order valence-electron chi connectivity index (χ4n) is 7.11. The predicted octanol–water partition coefficient (Wildman–Crippen LogP) is 9.53. The minimum absolute atomic E-state index is 0.0417. The van der Waals surface area contributed by atoms with Crippen molar-refractivity contribution in [2.24, 2.45) is 0 Å². The molecule has 0 spiro atoms. The smallest absolute Gasteiger partial charge is 0.420 e. The largest absolute Gasteiger partial charge is 0.480 e. The molecule has 14 heteroatoms. The third-order valence-corrected chi connectivity index (χ3v) is 9.70. The van der Waals surface area contributed by atoms with Crippen LogP contribution in [0.25, 0.3) is 56.2 Å². The Hall–Kier alpha value is -5.60. The van der Waals surface area contributed by atoms with Gasteiger partial charge in [-0.25, -0.2) is 9.97 Å². The first-order valence-electron chi connectivity index (χ1n) is 17.2. The van der Waals surface area contributed by atoms with E-state index in [0.717, 1.165) is 22.8 Å². The molecule has 4 aromatic carbocycles. The number of carbonyl (C=O) groups is 1. The molecule has 2 N–H and O–H groups in total. The third kappa shape index (κ3) is 7.18. The Balaban J connectivity index is 1.25. The van der Waals surface area contributed by atoms with Crippen LogP contribution in [0.15, 0.2) is 82.2 Å². The van der Waals surface area contributed by atoms with Crippen molar-refractivity contribution in [1.29, 1.82) is 0 Å². The van der Waals surface area contributed by atoms with Crippen LogP contribution < -0.4 is 10.1 Å². The SMILES string of the molecule is C=CCNCc1cc(C(F)(F)F)c2oc(-c3cccc(-c4cccc(-c5nc6cc(CN7CCC[C@H]7C(=O)O)c(OC(F)F)cc6o5)c4C)c3C)nc2c1. The Morgan fingerprint density at radius 1 is 1.00 bits per heavy atom. The molecule has 6 aromatic rings. The number of rotatable bonds is 12. The molecule has 0 amide bonds. The predicted molar refractivity (Wildman–Crippen MR) is 192 cm³/mol. The zero-order chi connectivity index (χ0) is 38.3. The maximum absolute atomic E-state index is 14.2. The van der Waals surface area contributed by atoms with Gasteiger partial charge in [0.05, 0.1) is 0 Å². The molecule has 3 heterocycles. The lowest BCUT2D eigenvalue weighted by Crippen LogP contribution is -2.35. The highest BCUT2D eigenvalue weighted by Gasteiger charge is 2.36. The van der Waals surface area contributed by atoms with Gasteiger partial charge in [0.1, 0.15) is 28.4 Å². The molecule has 2 aromatic heterocycles. The van der Waals surface area contributed by atoms with E-state index in [2.05, 4.69) is 21.9 Å². The van der Waals surface area contributed by atoms with Crippen molar-refractivity contribution in [2.45, 2.75) is 58.6 Å². The monoisotopic (exact) mass is 746 g/mol. The molecular weight excluding hydrogens is 711 g/mol. The molecule has 7 rings (SSSR count). The number of alkyl halides is 5. The highest BCUT2D eigenvalue weighted by Crippen LogP contribution is 2.41. The number of halogens is 5. The number of carboxylic acid groups (broad SMARTS) is 1. The number of oxazole rings is 2. The Bertz CT molecular complexity index is 2380. The second kappa shape index (κ2) is 14.7. The van der Waals surface area contributed by atoms with Crippen LogP contribution in [-0.4, -0.2) is 51.7 Å². The van der Waals surface area contributed by atoms with E-state index in [1.165, 1.54) is 6.07 Å². The van der Waals surface area contributed by atoms with Crippen LogP contribution in [0.2, 0.25) is 0 Å². The van der Waals surface area contributed by atoms with Gasteiger partial charge in [0.25, 0.3) is 0 Å². The van der Waals surface area contributed by atoms with Crippen molar-refractivity contribution in [3.63, 3.8) is 0 Å². The minimum Gasteiger partial charge on any atom is -0.480 e. The van der Waals surface area contributed by atoms with Crippen molar-refractivity contribution >= 4 is 28.2 Å². The lowest BCUT2D eigenvalue weighted by molar-refractivity contribution is -0.142. The highest BCUT2D eigenvalue weighted by molar-refractivity contribution is 5.86. The van der Waals surface area contributed by atoms with Crippen molar-refractivity contribution in [1.82, 2.24) is 20.2 Å². The Morgan fingerprint density at radius 3 is 2.28 bits per heavy atom. The first kappa shape index (κ1) is 36.7. The quantitative estimate of drug-likeness (QED) is 0.0718. The summed E-state index contributed by atoms with van der Waals surface area (Å²) in [4.78, 5) is 22.7. The van der Waals surface area contributed by atoms with Gasteiger partial charge in [0.15, 0.2) is 11.2 Å². The Labute approximate surface area is 306 Å². The molecule has 1 aliphatic rings. The van der Waals surface area contributed by atoms with Gasteiger partial charge in [0, 0.05) is 42.4 Å². The molecule has 0 aliphatic carbocycles. The number of aliphatic carboxylic acids is 1. The molecular formula is C40H35F5N4O5. The molecule has 1 aliphatic heterocycles. The standard InChI is InChI=1S/C40H35F5N4O5/c1-4-13-46-19-23-15-29(40(43,44)45)35-31(16-23)48-37(54-35)28-11-6-9-26(22(28)3)25-8-5-10-27(21(25)2)36-47-30-17-24(20-49-14-7-12-32(49)38(50)51)33(53-39(41)42)18-34(30)52-36/h4-6,8-11,15-18,32,39,46H,1,7,12-14,19-20H2,2-3H3,(H,50,51)/t32-/m0/s1. The van der Waals surface area contributed by atoms with E-state index in [4.69, 9.17) is 13.6 Å². The summed E-state index contributed by atoms with van der Waals surface area (Å²) in [6.45, 7) is 5.41. The van der Waals surface area contributed by atoms with E-state index < -0.39 is 30.4 Å². The van der Waals surface area contributed by atoms with Crippen LogP contribution in [0.5, 0.6) is 5.75 Å². The van der Waals surface area contributed by atoms with Crippen molar-refractivity contribution in [3.8, 4) is 39.8 Å². The molecule has 0 saturated carbocycles. The lowest BCUT2D eigenvalue weighted by Gasteiger charge is -2.22. The summed E-state index contributed by atoms with van der Waals surface area (Å²) in [7, 11) is 0. The number of likely N-dealkylation sites (tertiary alicyclic amines) is 1. The van der Waals surface area contributed by atoms with Crippen LogP contribution in [0.3, 0.4) is 0 Å². The summed E-state index contributed by atoms with van der Waals surface area (Å²) in [6.07, 6.45) is -1.93. The van der Waals surface area contributed by atoms with Gasteiger partial charge < -0.3 is 24.0 Å². The average Bonchev–Trinajstić information content (AvgIpc) is 3.86. The maximum Gasteiger partial charge on any atom is 0.420 e. The zero-order valence-electron chi connectivity index (χ0n) is 29.3. The van der Waals surface area contributed by atoms with Crippen LogP contribution in [0.1, 0.15) is 40.7 Å². The van der Waals surface area contributed by atoms with Crippen molar-refractivity contribution in [3.05, 3.63) is 101 Å². The average molecular weight is 747 g/mol. The van der Waals surface area contributed by atoms with Crippen molar-refractivity contribution in [2.75, 3.05) is 13.1 Å². The zero-order valence-corrected chi connectivity index (χ0v) is 29.3. The highest BCUT2D eigenvalue weighted by atomic mass is 19.4. The number of nitrogens with one attached hydrogen (secondary N) is 1. The maximum atomic E-state index is 14.2. The number of aromatic nitrogens is 2. The van der Waals surface area contributed by atoms with E-state index in [-0.39, 0.29) is 47.3 Å². The van der Waals surface area contributed by atoms with Crippen LogP contribution in [0, 0.1) is 13.8 Å². The van der Waals surface area contributed by atoms with E-state index in [0.29, 0.717) is 59.3 Å². The second-order valence-corrected chi connectivity index (χ2v) is 13.2. The Kier molecular flexibility index (Phi) is 9.98. The van der Waals surface area contributed by atoms with Gasteiger partial charge in [0.2, 0.25) is 11.8 Å². The lowest BCUT2D eigenvalue weighted by atomic mass is 9.91. The molecule has 9 nitrogen and oxygen atoms in total. The molecule has 54 heavy (non-hydrogen) atoms. The van der Waals surface area contributed by atoms with Crippen LogP contribution in [-0.2, 0) is 24.1 Å². The summed E-state index contributed by atoms with van der Waals surface area (Å²) >= 11 is 0. The first-order chi connectivity index (χ1) is 25.8. The summed E-state index contributed by atoms with van der Waals surface area (Å²) in [5.41, 5.74) is 4.33. The molecule has 0 unspecified atom stereocenters. The minimum atomic E-state index is -4.67. The summed E-state index contributed by atoms with van der Waals surface area (Å²) in [6, 6.07) is 15.7. The van der Waals surface area contributed by atoms with E-state index >= 15 is 0 Å². The number of carboxylic acids is 1. The molecule has 280 valence electrons. The molecule has 1 fully saturated rings. The van der Waals surface area contributed by atoms with Crippen molar-refractivity contribution < 1.29 is 45.4 Å². The number of nitrogens with zero attached hydrogens (tertiary/aromatic N) is 3. The fourth-order valence-corrected chi connectivity index (χ4v) is 7.11. The molecule has 1 saturated heterocycles. The van der Waals surface area contributed by atoms with Gasteiger partial charge in [-0.05, 0) is 91.4 Å². The number of benzene rings is 4. The van der Waals surface area contributed by atoms with Gasteiger partial charge in [-0.2, -0.15) is 22.0 Å². The van der Waals surface area contributed by atoms with Gasteiger partial charge in [-0.15, -0.1) is 6.58 Å². The van der Waals surface area contributed by atoms with Crippen LogP contribution in [0.4, 0.5) is 22.0 Å². The fraction of sp³-hybridized carbons (Fsp3) is 0.275. The first-order valence-corrected chi connectivity index (χ1v) is 17.2. The molecule has 1 atom stereocenters.